The largest absolute Gasteiger partial charge is 0.496 e. The van der Waals surface area contributed by atoms with Crippen molar-refractivity contribution in [1.82, 2.24) is 0 Å². The van der Waals surface area contributed by atoms with Gasteiger partial charge in [0.15, 0.2) is 0 Å². The summed E-state index contributed by atoms with van der Waals surface area (Å²) in [6, 6.07) is 20.2. The Kier molecular flexibility index (Phi) is 7.77. The van der Waals surface area contributed by atoms with Crippen molar-refractivity contribution in [3.8, 4) is 16.9 Å². The third-order valence-electron chi connectivity index (χ3n) is 5.23. The number of hydrogen-bond donors (Lipinski definition) is 3. The SMILES string of the molecule is COc1cc(C)c(-c2cccc(C(C)(C)N=O)c2)cc1SNc1cccc(NCCN)c1. The number of hydrogen-bond acceptors (Lipinski definition) is 7. The molecule has 0 bridgehead atoms. The Morgan fingerprint density at radius 3 is 2.53 bits per heavy atom. The topological polar surface area (TPSA) is 88.7 Å². The minimum Gasteiger partial charge on any atom is -0.496 e. The molecule has 0 fully saturated rings. The Labute approximate surface area is 194 Å². The Morgan fingerprint density at radius 2 is 1.81 bits per heavy atom. The maximum Gasteiger partial charge on any atom is 0.134 e. The molecule has 6 nitrogen and oxygen atoms in total. The standard InChI is InChI=1S/C25H30N4O2S/c1-17-13-23(31-4)24(32-28-21-10-6-9-20(15-21)27-12-11-26)16-22(17)18-7-5-8-19(14-18)25(2,3)29-30/h5-10,13-16,27-28H,11-12,26H2,1-4H3. The van der Waals surface area contributed by atoms with Crippen molar-refractivity contribution < 1.29 is 4.74 Å². The van der Waals surface area contributed by atoms with Gasteiger partial charge in [-0.2, -0.15) is 0 Å². The van der Waals surface area contributed by atoms with E-state index >= 15 is 0 Å². The molecule has 0 saturated heterocycles. The number of methoxy groups -OCH3 is 1. The van der Waals surface area contributed by atoms with Gasteiger partial charge in [-0.05, 0) is 91.4 Å². The van der Waals surface area contributed by atoms with Gasteiger partial charge in [-0.25, -0.2) is 0 Å². The fourth-order valence-corrected chi connectivity index (χ4v) is 4.13. The zero-order valence-electron chi connectivity index (χ0n) is 18.9. The van der Waals surface area contributed by atoms with E-state index in [0.717, 1.165) is 50.8 Å². The van der Waals surface area contributed by atoms with Crippen LogP contribution in [0.4, 0.5) is 11.4 Å². The third-order valence-corrected chi connectivity index (χ3v) is 6.11. The Balaban J connectivity index is 1.89. The molecule has 0 radical (unpaired) electrons. The van der Waals surface area contributed by atoms with Crippen molar-refractivity contribution in [1.29, 1.82) is 0 Å². The lowest BCUT2D eigenvalue weighted by Crippen LogP contribution is -2.12. The Morgan fingerprint density at radius 1 is 1.06 bits per heavy atom. The lowest BCUT2D eigenvalue weighted by atomic mass is 9.91. The highest BCUT2D eigenvalue weighted by Crippen LogP contribution is 2.38. The van der Waals surface area contributed by atoms with Crippen molar-refractivity contribution in [2.24, 2.45) is 10.9 Å². The van der Waals surface area contributed by atoms with Crippen LogP contribution in [-0.2, 0) is 5.54 Å². The molecule has 4 N–H and O–H groups in total. The van der Waals surface area contributed by atoms with Gasteiger partial charge in [-0.15, -0.1) is 4.91 Å². The first-order valence-electron chi connectivity index (χ1n) is 10.5. The van der Waals surface area contributed by atoms with Crippen LogP contribution in [0, 0.1) is 11.8 Å². The molecule has 0 spiro atoms. The minimum absolute atomic E-state index is 0.580. The highest BCUT2D eigenvalue weighted by Gasteiger charge is 2.22. The van der Waals surface area contributed by atoms with Crippen LogP contribution in [0.15, 0.2) is 70.7 Å². The summed E-state index contributed by atoms with van der Waals surface area (Å²) in [5, 5.41) is 6.57. The van der Waals surface area contributed by atoms with Gasteiger partial charge in [0, 0.05) is 24.5 Å². The van der Waals surface area contributed by atoms with E-state index < -0.39 is 5.54 Å². The van der Waals surface area contributed by atoms with Gasteiger partial charge in [0.2, 0.25) is 0 Å². The summed E-state index contributed by atoms with van der Waals surface area (Å²) in [7, 11) is 1.68. The molecule has 3 aromatic rings. The summed E-state index contributed by atoms with van der Waals surface area (Å²) in [4.78, 5) is 12.3. The van der Waals surface area contributed by atoms with E-state index in [2.05, 4.69) is 28.2 Å². The quantitative estimate of drug-likeness (QED) is 0.253. The number of aryl methyl sites for hydroxylation is 1. The molecule has 0 amide bonds. The van der Waals surface area contributed by atoms with Crippen LogP contribution in [0.1, 0.15) is 25.0 Å². The van der Waals surface area contributed by atoms with Gasteiger partial charge in [-0.1, -0.05) is 29.4 Å². The van der Waals surface area contributed by atoms with E-state index in [4.69, 9.17) is 10.5 Å². The highest BCUT2D eigenvalue weighted by atomic mass is 32.2. The lowest BCUT2D eigenvalue weighted by Gasteiger charge is -2.18. The average Bonchev–Trinajstić information content (AvgIpc) is 2.82. The van der Waals surface area contributed by atoms with E-state index in [1.807, 2.05) is 68.4 Å². The molecule has 32 heavy (non-hydrogen) atoms. The summed E-state index contributed by atoms with van der Waals surface area (Å²) in [6.07, 6.45) is 0. The summed E-state index contributed by atoms with van der Waals surface area (Å²) in [5.41, 5.74) is 10.9. The van der Waals surface area contributed by atoms with Crippen LogP contribution >= 0.6 is 11.9 Å². The summed E-state index contributed by atoms with van der Waals surface area (Å²) >= 11 is 1.49. The Bertz CT molecular complexity index is 1090. The van der Waals surface area contributed by atoms with Crippen LogP contribution < -0.4 is 20.5 Å². The molecule has 0 heterocycles. The predicted octanol–water partition coefficient (Wildman–Crippen LogP) is 6.16. The normalized spacial score (nSPS) is 11.2. The zero-order valence-corrected chi connectivity index (χ0v) is 19.8. The molecule has 0 aliphatic carbocycles. The average molecular weight is 451 g/mol. The molecule has 0 aromatic heterocycles. The molecule has 0 unspecified atom stereocenters. The molecule has 168 valence electrons. The van der Waals surface area contributed by atoms with Crippen molar-refractivity contribution >= 4 is 23.3 Å². The van der Waals surface area contributed by atoms with E-state index in [9.17, 15) is 4.91 Å². The third kappa shape index (κ3) is 5.60. The van der Waals surface area contributed by atoms with Crippen LogP contribution in [-0.4, -0.2) is 20.2 Å². The fourth-order valence-electron chi connectivity index (χ4n) is 3.35. The van der Waals surface area contributed by atoms with E-state index in [1.54, 1.807) is 7.11 Å². The number of ether oxygens (including phenoxy) is 1. The van der Waals surface area contributed by atoms with E-state index in [1.165, 1.54) is 11.9 Å². The minimum atomic E-state index is -0.779. The molecule has 0 aliphatic rings. The number of rotatable bonds is 10. The second kappa shape index (κ2) is 10.5. The molecule has 3 aromatic carbocycles. The van der Waals surface area contributed by atoms with Crippen molar-refractivity contribution in [2.45, 2.75) is 31.2 Å². The van der Waals surface area contributed by atoms with Crippen molar-refractivity contribution in [3.63, 3.8) is 0 Å². The van der Waals surface area contributed by atoms with Crippen molar-refractivity contribution in [3.05, 3.63) is 76.7 Å². The van der Waals surface area contributed by atoms with Crippen LogP contribution in [0.3, 0.4) is 0 Å². The second-order valence-corrected chi connectivity index (χ2v) is 8.90. The van der Waals surface area contributed by atoms with Gasteiger partial charge in [0.25, 0.3) is 0 Å². The van der Waals surface area contributed by atoms with Crippen LogP contribution in [0.2, 0.25) is 0 Å². The molecular formula is C25H30N4O2S. The smallest absolute Gasteiger partial charge is 0.134 e. The van der Waals surface area contributed by atoms with E-state index in [0.29, 0.717) is 6.54 Å². The molecule has 0 atom stereocenters. The number of nitrogens with zero attached hydrogens (tertiary/aromatic N) is 1. The fraction of sp³-hybridized carbons (Fsp3) is 0.280. The first kappa shape index (κ1) is 23.6. The maximum atomic E-state index is 11.3. The zero-order chi connectivity index (χ0) is 23.1. The summed E-state index contributed by atoms with van der Waals surface area (Å²) in [6.45, 7) is 7.00. The first-order chi connectivity index (χ1) is 15.4. The predicted molar refractivity (Wildman–Crippen MR) is 135 cm³/mol. The molecule has 3 rings (SSSR count). The monoisotopic (exact) mass is 450 g/mol. The van der Waals surface area contributed by atoms with Gasteiger partial charge < -0.3 is 20.5 Å². The molecular weight excluding hydrogens is 420 g/mol. The van der Waals surface area contributed by atoms with Crippen LogP contribution in [0.25, 0.3) is 11.1 Å². The maximum absolute atomic E-state index is 11.3. The molecule has 0 aliphatic heterocycles. The number of benzene rings is 3. The first-order valence-corrected chi connectivity index (χ1v) is 11.3. The lowest BCUT2D eigenvalue weighted by molar-refractivity contribution is 0.404. The Hall–Kier alpha value is -3.03. The number of anilines is 2. The van der Waals surface area contributed by atoms with Gasteiger partial charge in [0.1, 0.15) is 11.3 Å². The van der Waals surface area contributed by atoms with Gasteiger partial charge in [-0.3, -0.25) is 0 Å². The van der Waals surface area contributed by atoms with Crippen molar-refractivity contribution in [2.75, 3.05) is 30.2 Å². The second-order valence-electron chi connectivity index (χ2n) is 8.05. The van der Waals surface area contributed by atoms with Crippen LogP contribution in [0.5, 0.6) is 5.75 Å². The molecule has 7 heteroatoms. The summed E-state index contributed by atoms with van der Waals surface area (Å²) in [5.74, 6) is 0.798. The number of nitrogens with two attached hydrogens (primary N) is 1. The number of nitrogens with one attached hydrogen (secondary N) is 2. The highest BCUT2D eigenvalue weighted by molar-refractivity contribution is 8.00. The van der Waals surface area contributed by atoms with Gasteiger partial charge >= 0.3 is 0 Å². The number of nitroso groups, excluding NO2 is 1. The summed E-state index contributed by atoms with van der Waals surface area (Å²) < 4.78 is 9.04. The van der Waals surface area contributed by atoms with Gasteiger partial charge in [0.05, 0.1) is 12.0 Å². The molecule has 0 saturated carbocycles. The van der Waals surface area contributed by atoms with E-state index in [-0.39, 0.29) is 0 Å².